The van der Waals surface area contributed by atoms with Gasteiger partial charge in [0.05, 0.1) is 6.10 Å². The summed E-state index contributed by atoms with van der Waals surface area (Å²) in [5.41, 5.74) is 0.619. The van der Waals surface area contributed by atoms with E-state index >= 15 is 0 Å². The van der Waals surface area contributed by atoms with E-state index in [1.807, 2.05) is 13.8 Å². The number of unbranched alkanes of at least 4 members (excludes halogenated alkanes) is 1. The molecule has 0 saturated heterocycles. The standard InChI is InChI=1S/C12H20N2O2/c1-5-6-7-10(3)16-11-9(2)8-14(4)12(15)13-11/h8,10H,5-7H2,1-4H3. The molecule has 0 bridgehead atoms. The van der Waals surface area contributed by atoms with Gasteiger partial charge in [-0.1, -0.05) is 19.8 Å². The molecule has 1 aromatic heterocycles. The molecule has 0 fully saturated rings. The van der Waals surface area contributed by atoms with Crippen LogP contribution in [0.25, 0.3) is 0 Å². The first-order valence-corrected chi connectivity index (χ1v) is 5.75. The maximum atomic E-state index is 11.4. The van der Waals surface area contributed by atoms with E-state index in [2.05, 4.69) is 11.9 Å². The third-order valence-corrected chi connectivity index (χ3v) is 2.50. The van der Waals surface area contributed by atoms with Gasteiger partial charge >= 0.3 is 5.69 Å². The molecule has 1 atom stereocenters. The SMILES string of the molecule is CCCCC(C)Oc1nc(=O)n(C)cc1C. The summed E-state index contributed by atoms with van der Waals surface area (Å²) in [7, 11) is 1.69. The first-order chi connectivity index (χ1) is 7.54. The molecule has 1 aromatic rings. The van der Waals surface area contributed by atoms with Crippen LogP contribution in [0.5, 0.6) is 5.88 Å². The van der Waals surface area contributed by atoms with E-state index in [-0.39, 0.29) is 11.8 Å². The lowest BCUT2D eigenvalue weighted by atomic mass is 10.2. The zero-order chi connectivity index (χ0) is 12.1. The first-order valence-electron chi connectivity index (χ1n) is 5.75. The highest BCUT2D eigenvalue weighted by molar-refractivity contribution is 5.20. The Morgan fingerprint density at radius 2 is 2.25 bits per heavy atom. The van der Waals surface area contributed by atoms with E-state index < -0.39 is 0 Å². The van der Waals surface area contributed by atoms with Gasteiger partial charge < -0.3 is 9.30 Å². The van der Waals surface area contributed by atoms with Gasteiger partial charge in [0.15, 0.2) is 0 Å². The van der Waals surface area contributed by atoms with E-state index in [1.165, 1.54) is 4.57 Å². The van der Waals surface area contributed by atoms with Gasteiger partial charge in [-0.05, 0) is 20.3 Å². The van der Waals surface area contributed by atoms with Crippen LogP contribution in [0.4, 0.5) is 0 Å². The van der Waals surface area contributed by atoms with E-state index in [0.29, 0.717) is 5.88 Å². The van der Waals surface area contributed by atoms with Crippen LogP contribution in [0.3, 0.4) is 0 Å². The zero-order valence-corrected chi connectivity index (χ0v) is 10.5. The second-order valence-corrected chi connectivity index (χ2v) is 4.19. The normalized spacial score (nSPS) is 12.5. The van der Waals surface area contributed by atoms with E-state index in [1.54, 1.807) is 13.2 Å². The minimum absolute atomic E-state index is 0.109. The summed E-state index contributed by atoms with van der Waals surface area (Å²) in [6.07, 6.45) is 5.13. The van der Waals surface area contributed by atoms with Gasteiger partial charge in [-0.25, -0.2) is 4.79 Å². The second kappa shape index (κ2) is 5.68. The predicted molar refractivity (Wildman–Crippen MR) is 63.8 cm³/mol. The van der Waals surface area contributed by atoms with Crippen molar-refractivity contribution in [1.82, 2.24) is 9.55 Å². The lowest BCUT2D eigenvalue weighted by Gasteiger charge is -2.15. The number of ether oxygens (including phenoxy) is 1. The number of aromatic nitrogens is 2. The lowest BCUT2D eigenvalue weighted by molar-refractivity contribution is 0.196. The molecule has 0 aliphatic rings. The maximum absolute atomic E-state index is 11.4. The Hall–Kier alpha value is -1.32. The van der Waals surface area contributed by atoms with Crippen molar-refractivity contribution in [3.8, 4) is 5.88 Å². The fourth-order valence-electron chi connectivity index (χ4n) is 1.52. The average Bonchev–Trinajstić information content (AvgIpc) is 2.23. The largest absolute Gasteiger partial charge is 0.474 e. The van der Waals surface area contributed by atoms with Gasteiger partial charge in [-0.2, -0.15) is 4.98 Å². The molecule has 1 heterocycles. The molecule has 0 amide bonds. The summed E-state index contributed by atoms with van der Waals surface area (Å²) in [5.74, 6) is 0.465. The van der Waals surface area contributed by atoms with Crippen LogP contribution < -0.4 is 10.4 Å². The Bertz CT molecular complexity index is 398. The van der Waals surface area contributed by atoms with Crippen LogP contribution in [-0.4, -0.2) is 15.7 Å². The van der Waals surface area contributed by atoms with Crippen LogP contribution in [0.1, 0.15) is 38.7 Å². The van der Waals surface area contributed by atoms with Crippen LogP contribution in [-0.2, 0) is 7.05 Å². The summed E-state index contributed by atoms with van der Waals surface area (Å²) in [5, 5.41) is 0. The van der Waals surface area contributed by atoms with Gasteiger partial charge in [0, 0.05) is 18.8 Å². The molecule has 0 aliphatic carbocycles. The quantitative estimate of drug-likeness (QED) is 0.768. The van der Waals surface area contributed by atoms with E-state index in [0.717, 1.165) is 24.8 Å². The summed E-state index contributed by atoms with van der Waals surface area (Å²) in [6, 6.07) is 0. The molecule has 0 saturated carbocycles. The molecule has 0 aromatic carbocycles. The van der Waals surface area contributed by atoms with Crippen LogP contribution in [0.2, 0.25) is 0 Å². The smallest absolute Gasteiger partial charge is 0.350 e. The number of hydrogen-bond acceptors (Lipinski definition) is 3. The fourth-order valence-corrected chi connectivity index (χ4v) is 1.52. The topological polar surface area (TPSA) is 44.1 Å². The Labute approximate surface area is 96.3 Å². The molecule has 0 radical (unpaired) electrons. The van der Waals surface area contributed by atoms with Crippen molar-refractivity contribution in [3.05, 3.63) is 22.2 Å². The summed E-state index contributed by atoms with van der Waals surface area (Å²) in [4.78, 5) is 15.3. The molecule has 0 aliphatic heterocycles. The first kappa shape index (κ1) is 12.7. The summed E-state index contributed by atoms with van der Waals surface area (Å²) < 4.78 is 7.12. The number of aryl methyl sites for hydroxylation is 2. The molecule has 4 heteroatoms. The Kier molecular flexibility index (Phi) is 4.52. The van der Waals surface area contributed by atoms with Crippen molar-refractivity contribution in [1.29, 1.82) is 0 Å². The minimum atomic E-state index is -0.275. The van der Waals surface area contributed by atoms with Crippen molar-refractivity contribution in [2.24, 2.45) is 7.05 Å². The predicted octanol–water partition coefficient (Wildman–Crippen LogP) is 2.05. The molecule has 90 valence electrons. The fraction of sp³-hybridized carbons (Fsp3) is 0.667. The second-order valence-electron chi connectivity index (χ2n) is 4.19. The maximum Gasteiger partial charge on any atom is 0.350 e. The van der Waals surface area contributed by atoms with Gasteiger partial charge in [0.2, 0.25) is 5.88 Å². The van der Waals surface area contributed by atoms with Crippen LogP contribution >= 0.6 is 0 Å². The van der Waals surface area contributed by atoms with Crippen molar-refractivity contribution >= 4 is 0 Å². The van der Waals surface area contributed by atoms with Gasteiger partial charge in [-0.15, -0.1) is 0 Å². The lowest BCUT2D eigenvalue weighted by Crippen LogP contribution is -2.23. The molecular formula is C12H20N2O2. The number of hydrogen-bond donors (Lipinski definition) is 0. The molecule has 1 rings (SSSR count). The van der Waals surface area contributed by atoms with E-state index in [4.69, 9.17) is 4.74 Å². The zero-order valence-electron chi connectivity index (χ0n) is 10.5. The average molecular weight is 224 g/mol. The monoisotopic (exact) mass is 224 g/mol. The molecule has 16 heavy (non-hydrogen) atoms. The summed E-state index contributed by atoms with van der Waals surface area (Å²) in [6.45, 7) is 6.05. The Balaban J connectivity index is 2.73. The van der Waals surface area contributed by atoms with E-state index in [9.17, 15) is 4.79 Å². The van der Waals surface area contributed by atoms with Gasteiger partial charge in [0.25, 0.3) is 0 Å². The third kappa shape index (κ3) is 3.36. The Morgan fingerprint density at radius 3 is 2.88 bits per heavy atom. The van der Waals surface area contributed by atoms with Crippen LogP contribution in [0, 0.1) is 6.92 Å². The highest BCUT2D eigenvalue weighted by Gasteiger charge is 2.08. The van der Waals surface area contributed by atoms with Gasteiger partial charge in [-0.3, -0.25) is 0 Å². The third-order valence-electron chi connectivity index (χ3n) is 2.50. The molecule has 0 N–H and O–H groups in total. The molecule has 4 nitrogen and oxygen atoms in total. The number of nitrogens with zero attached hydrogens (tertiary/aromatic N) is 2. The highest BCUT2D eigenvalue weighted by atomic mass is 16.5. The molecule has 1 unspecified atom stereocenters. The number of rotatable bonds is 5. The molecule has 0 spiro atoms. The Morgan fingerprint density at radius 1 is 1.56 bits per heavy atom. The summed E-state index contributed by atoms with van der Waals surface area (Å²) >= 11 is 0. The van der Waals surface area contributed by atoms with Gasteiger partial charge in [0.1, 0.15) is 0 Å². The van der Waals surface area contributed by atoms with Crippen molar-refractivity contribution in [2.75, 3.05) is 0 Å². The minimum Gasteiger partial charge on any atom is -0.474 e. The van der Waals surface area contributed by atoms with Crippen LogP contribution in [0.15, 0.2) is 11.0 Å². The van der Waals surface area contributed by atoms with Crippen molar-refractivity contribution in [3.63, 3.8) is 0 Å². The highest BCUT2D eigenvalue weighted by Crippen LogP contribution is 2.14. The van der Waals surface area contributed by atoms with Crippen molar-refractivity contribution in [2.45, 2.75) is 46.1 Å². The van der Waals surface area contributed by atoms with Crippen molar-refractivity contribution < 1.29 is 4.74 Å². The molecular weight excluding hydrogens is 204 g/mol.